The average molecular weight is 418 g/mol. The number of carbonyl (C=O) groups is 3. The van der Waals surface area contributed by atoms with Crippen LogP contribution in [0.25, 0.3) is 0 Å². The predicted molar refractivity (Wildman–Crippen MR) is 105 cm³/mol. The highest BCUT2D eigenvalue weighted by Crippen LogP contribution is 2.23. The molecule has 2 amide bonds. The maximum atomic E-state index is 13.5. The van der Waals surface area contributed by atoms with Gasteiger partial charge in [-0.1, -0.05) is 0 Å². The van der Waals surface area contributed by atoms with Gasteiger partial charge in [0.15, 0.2) is 5.54 Å². The first-order valence-electron chi connectivity index (χ1n) is 8.76. The van der Waals surface area contributed by atoms with Gasteiger partial charge in [-0.25, -0.2) is 13.6 Å². The molecular weight excluding hydrogens is 398 g/mol. The Balaban J connectivity index is 1.99. The summed E-state index contributed by atoms with van der Waals surface area (Å²) in [5.74, 6) is -4.90. The number of carboxylic acid groups (broad SMARTS) is 1. The van der Waals surface area contributed by atoms with Crippen molar-refractivity contribution in [2.45, 2.75) is 25.3 Å². The highest BCUT2D eigenvalue weighted by Gasteiger charge is 2.37. The third-order valence-corrected chi connectivity index (χ3v) is 4.32. The number of anilines is 1. The van der Waals surface area contributed by atoms with E-state index < -0.39 is 35.0 Å². The van der Waals surface area contributed by atoms with E-state index in [4.69, 9.17) is 11.1 Å². The topological polar surface area (TPSA) is 145 Å². The first-order chi connectivity index (χ1) is 14.0. The van der Waals surface area contributed by atoms with E-state index in [-0.39, 0.29) is 24.2 Å². The molecule has 6 N–H and O–H groups in total. The largest absolute Gasteiger partial charge is 0.479 e. The van der Waals surface area contributed by atoms with Crippen molar-refractivity contribution < 1.29 is 28.3 Å². The van der Waals surface area contributed by atoms with Crippen molar-refractivity contribution in [1.82, 2.24) is 5.32 Å². The fraction of sp³-hybridized carbons (Fsp3) is 0.200. The van der Waals surface area contributed by atoms with Gasteiger partial charge in [0.2, 0.25) is 11.8 Å². The number of amidine groups is 1. The van der Waals surface area contributed by atoms with Crippen molar-refractivity contribution in [3.8, 4) is 0 Å². The Morgan fingerprint density at radius 2 is 1.57 bits per heavy atom. The number of carbonyl (C=O) groups excluding carboxylic acids is 2. The highest BCUT2D eigenvalue weighted by atomic mass is 19.1. The molecule has 0 spiro atoms. The molecule has 0 aliphatic rings. The Hall–Kier alpha value is -3.82. The van der Waals surface area contributed by atoms with E-state index in [0.29, 0.717) is 17.3 Å². The lowest BCUT2D eigenvalue weighted by Crippen LogP contribution is -2.49. The number of halogens is 2. The molecule has 0 aliphatic carbocycles. The average Bonchev–Trinajstić information content (AvgIpc) is 2.65. The number of rotatable bonds is 8. The minimum atomic E-state index is -2.08. The van der Waals surface area contributed by atoms with E-state index in [2.05, 4.69) is 10.6 Å². The fourth-order valence-electron chi connectivity index (χ4n) is 2.62. The third-order valence-electron chi connectivity index (χ3n) is 4.32. The zero-order valence-electron chi connectivity index (χ0n) is 16.0. The molecular formula is C20H20F2N4O4. The van der Waals surface area contributed by atoms with Crippen molar-refractivity contribution >= 4 is 29.3 Å². The fourth-order valence-corrected chi connectivity index (χ4v) is 2.62. The van der Waals surface area contributed by atoms with Gasteiger partial charge in [-0.3, -0.25) is 15.0 Å². The van der Waals surface area contributed by atoms with Crippen LogP contribution in [-0.2, 0) is 19.9 Å². The van der Waals surface area contributed by atoms with Gasteiger partial charge in [0.05, 0.1) is 0 Å². The number of nitrogen functional groups attached to an aromatic ring is 1. The molecule has 1 unspecified atom stereocenters. The monoisotopic (exact) mass is 418 g/mol. The lowest BCUT2D eigenvalue weighted by molar-refractivity contribution is -0.147. The van der Waals surface area contributed by atoms with Crippen molar-refractivity contribution in [2.75, 3.05) is 5.32 Å². The Morgan fingerprint density at radius 3 is 2.07 bits per heavy atom. The normalized spacial score (nSPS) is 12.5. The van der Waals surface area contributed by atoms with Crippen molar-refractivity contribution in [1.29, 1.82) is 5.41 Å². The minimum absolute atomic E-state index is 0.121. The Bertz CT molecular complexity index is 975. The van der Waals surface area contributed by atoms with Crippen LogP contribution in [0.2, 0.25) is 0 Å². The number of benzene rings is 2. The molecule has 30 heavy (non-hydrogen) atoms. The van der Waals surface area contributed by atoms with E-state index in [1.807, 2.05) is 0 Å². The van der Waals surface area contributed by atoms with Crippen LogP contribution in [0, 0.1) is 17.0 Å². The number of nitrogens with one attached hydrogen (secondary N) is 3. The molecule has 0 saturated carbocycles. The zero-order valence-corrected chi connectivity index (χ0v) is 16.0. The molecule has 0 saturated heterocycles. The maximum Gasteiger partial charge on any atom is 0.333 e. The molecule has 0 fully saturated rings. The van der Waals surface area contributed by atoms with Gasteiger partial charge < -0.3 is 21.5 Å². The molecule has 1 atom stereocenters. The van der Waals surface area contributed by atoms with E-state index >= 15 is 0 Å². The quantitative estimate of drug-likeness (QED) is 0.329. The summed E-state index contributed by atoms with van der Waals surface area (Å²) in [5.41, 5.74) is 3.89. The molecule has 0 bridgehead atoms. The summed E-state index contributed by atoms with van der Waals surface area (Å²) in [6, 6.07) is 8.37. The van der Waals surface area contributed by atoms with Gasteiger partial charge in [0.1, 0.15) is 17.5 Å². The van der Waals surface area contributed by atoms with Gasteiger partial charge in [0, 0.05) is 30.2 Å². The third kappa shape index (κ3) is 5.60. The molecule has 8 nitrogen and oxygen atoms in total. The number of carboxylic acids is 1. The van der Waals surface area contributed by atoms with Crippen molar-refractivity contribution in [3.05, 3.63) is 65.2 Å². The van der Waals surface area contributed by atoms with E-state index in [1.54, 1.807) is 12.1 Å². The van der Waals surface area contributed by atoms with E-state index in [1.165, 1.54) is 12.1 Å². The van der Waals surface area contributed by atoms with Gasteiger partial charge in [0.25, 0.3) is 0 Å². The van der Waals surface area contributed by atoms with Gasteiger partial charge >= 0.3 is 5.97 Å². The second kappa shape index (κ2) is 9.12. The standard InChI is InChI=1S/C20H20F2N4O4/c1-20(19(29)30,12-8-13(21)10-14(22)9-12)26-17(28)7-6-16(27)25-15-4-2-11(3-5-15)18(23)24/h2-5,8-10H,6-7H2,1H3,(H3,23,24)(H,25,27)(H,26,28)(H,29,30). The van der Waals surface area contributed by atoms with Crippen LogP contribution in [0.5, 0.6) is 0 Å². The number of aliphatic carboxylic acids is 1. The SMILES string of the molecule is CC(NC(=O)CCC(=O)Nc1ccc(C(=N)N)cc1)(C(=O)O)c1cc(F)cc(F)c1. The Morgan fingerprint density at radius 1 is 1.03 bits per heavy atom. The zero-order chi connectivity index (χ0) is 22.5. The number of hydrogen-bond acceptors (Lipinski definition) is 4. The maximum absolute atomic E-state index is 13.5. The highest BCUT2D eigenvalue weighted by molar-refractivity contribution is 5.97. The van der Waals surface area contributed by atoms with Crippen LogP contribution in [0.3, 0.4) is 0 Å². The smallest absolute Gasteiger partial charge is 0.333 e. The van der Waals surface area contributed by atoms with Gasteiger partial charge in [-0.05, 0) is 48.9 Å². The Kier molecular flexibility index (Phi) is 6.83. The Labute approximate surface area is 170 Å². The number of hydrogen-bond donors (Lipinski definition) is 5. The van der Waals surface area contributed by atoms with Gasteiger partial charge in [-0.2, -0.15) is 0 Å². The first-order valence-corrected chi connectivity index (χ1v) is 8.76. The summed E-state index contributed by atoms with van der Waals surface area (Å²) >= 11 is 0. The van der Waals surface area contributed by atoms with Crippen LogP contribution in [0.4, 0.5) is 14.5 Å². The van der Waals surface area contributed by atoms with Crippen molar-refractivity contribution in [3.63, 3.8) is 0 Å². The molecule has 0 aromatic heterocycles. The van der Waals surface area contributed by atoms with Crippen LogP contribution < -0.4 is 16.4 Å². The molecule has 2 aromatic rings. The number of nitrogens with two attached hydrogens (primary N) is 1. The lowest BCUT2D eigenvalue weighted by Gasteiger charge is -2.27. The van der Waals surface area contributed by atoms with Gasteiger partial charge in [-0.15, -0.1) is 0 Å². The van der Waals surface area contributed by atoms with Crippen LogP contribution in [-0.4, -0.2) is 28.7 Å². The second-order valence-corrected chi connectivity index (χ2v) is 6.68. The van der Waals surface area contributed by atoms with E-state index in [0.717, 1.165) is 19.1 Å². The summed E-state index contributed by atoms with van der Waals surface area (Å²) in [7, 11) is 0. The first kappa shape index (κ1) is 22.5. The summed E-state index contributed by atoms with van der Waals surface area (Å²) < 4.78 is 26.9. The molecule has 0 radical (unpaired) electrons. The van der Waals surface area contributed by atoms with Crippen LogP contribution >= 0.6 is 0 Å². The molecule has 0 aliphatic heterocycles. The van der Waals surface area contributed by atoms with Crippen LogP contribution in [0.1, 0.15) is 30.9 Å². The summed E-state index contributed by atoms with van der Waals surface area (Å²) in [6.07, 6.45) is -0.606. The number of amides is 2. The molecule has 2 aromatic carbocycles. The molecule has 2 rings (SSSR count). The predicted octanol–water partition coefficient (Wildman–Crippen LogP) is 2.08. The lowest BCUT2D eigenvalue weighted by atomic mass is 9.91. The summed E-state index contributed by atoms with van der Waals surface area (Å²) in [4.78, 5) is 35.9. The van der Waals surface area contributed by atoms with Crippen molar-refractivity contribution in [2.24, 2.45) is 5.73 Å². The summed E-state index contributed by atoms with van der Waals surface area (Å²) in [6.45, 7) is 1.10. The van der Waals surface area contributed by atoms with E-state index in [9.17, 15) is 28.3 Å². The van der Waals surface area contributed by atoms with Crippen LogP contribution in [0.15, 0.2) is 42.5 Å². The molecule has 0 heterocycles. The second-order valence-electron chi connectivity index (χ2n) is 6.68. The molecule has 158 valence electrons. The molecule has 10 heteroatoms. The summed E-state index contributed by atoms with van der Waals surface area (Å²) in [5, 5.41) is 21.6. The minimum Gasteiger partial charge on any atom is -0.479 e.